The molecule has 0 saturated carbocycles. The number of halogens is 1. The fourth-order valence-corrected chi connectivity index (χ4v) is 3.47. The van der Waals surface area contributed by atoms with Gasteiger partial charge < -0.3 is 10.2 Å². The van der Waals surface area contributed by atoms with Crippen molar-refractivity contribution in [2.75, 3.05) is 23.3 Å². The maximum Gasteiger partial charge on any atom is 0.248 e. The number of carbonyl (C=O) groups excluding carboxylic acids is 1. The maximum absolute atomic E-state index is 13.3. The molecule has 0 radical (unpaired) electrons. The lowest BCUT2D eigenvalue weighted by Gasteiger charge is -2.22. The van der Waals surface area contributed by atoms with Gasteiger partial charge in [-0.1, -0.05) is 25.0 Å². The summed E-state index contributed by atoms with van der Waals surface area (Å²) in [4.78, 5) is 15.9. The van der Waals surface area contributed by atoms with Gasteiger partial charge in [-0.05, 0) is 54.5 Å². The molecule has 150 valence electrons. The van der Waals surface area contributed by atoms with Crippen LogP contribution in [0.1, 0.15) is 25.7 Å². The monoisotopic (exact) mass is 394 g/mol. The van der Waals surface area contributed by atoms with E-state index >= 15 is 0 Å². The molecule has 1 aliphatic heterocycles. The Labute approximate surface area is 168 Å². The molecule has 1 fully saturated rings. The lowest BCUT2D eigenvalue weighted by atomic mass is 10.2. The van der Waals surface area contributed by atoms with E-state index in [9.17, 15) is 9.18 Å². The maximum atomic E-state index is 13.3. The van der Waals surface area contributed by atoms with E-state index in [-0.39, 0.29) is 24.1 Å². The van der Waals surface area contributed by atoms with E-state index in [2.05, 4.69) is 25.6 Å². The molecule has 3 aromatic rings. The number of carbonyl (C=O) groups is 1. The molecule has 1 aliphatic rings. The number of benzene rings is 2. The van der Waals surface area contributed by atoms with Crippen molar-refractivity contribution < 1.29 is 9.18 Å². The highest BCUT2D eigenvalue weighted by molar-refractivity contribution is 5.90. The Balaban J connectivity index is 1.35. The van der Waals surface area contributed by atoms with Crippen molar-refractivity contribution in [2.45, 2.75) is 32.2 Å². The summed E-state index contributed by atoms with van der Waals surface area (Å²) in [7, 11) is 0. The van der Waals surface area contributed by atoms with Crippen molar-refractivity contribution in [3.8, 4) is 11.4 Å². The Morgan fingerprint density at radius 2 is 1.79 bits per heavy atom. The molecule has 0 spiro atoms. The lowest BCUT2D eigenvalue weighted by Crippen LogP contribution is -2.24. The van der Waals surface area contributed by atoms with Crippen LogP contribution in [0, 0.1) is 5.82 Å². The number of amides is 1. The van der Waals surface area contributed by atoms with Gasteiger partial charge >= 0.3 is 0 Å². The predicted octanol–water partition coefficient (Wildman–Crippen LogP) is 3.50. The summed E-state index contributed by atoms with van der Waals surface area (Å²) in [6.07, 6.45) is 5.03. The molecular weight excluding hydrogens is 371 g/mol. The minimum absolute atomic E-state index is 0.0732. The van der Waals surface area contributed by atoms with Gasteiger partial charge in [0.05, 0.1) is 0 Å². The van der Waals surface area contributed by atoms with Crippen LogP contribution in [0.3, 0.4) is 0 Å². The summed E-state index contributed by atoms with van der Waals surface area (Å²) in [6, 6.07) is 13.8. The van der Waals surface area contributed by atoms with Gasteiger partial charge in [-0.25, -0.2) is 4.39 Å². The van der Waals surface area contributed by atoms with E-state index in [4.69, 9.17) is 0 Å². The van der Waals surface area contributed by atoms with Crippen molar-refractivity contribution in [3.63, 3.8) is 0 Å². The summed E-state index contributed by atoms with van der Waals surface area (Å²) >= 11 is 0. The minimum Gasteiger partial charge on any atom is -0.372 e. The van der Waals surface area contributed by atoms with E-state index in [0.717, 1.165) is 18.8 Å². The highest BCUT2D eigenvalue weighted by atomic mass is 19.1. The smallest absolute Gasteiger partial charge is 0.248 e. The molecule has 0 atom stereocenters. The zero-order valence-electron chi connectivity index (χ0n) is 16.1. The largest absolute Gasteiger partial charge is 0.372 e. The van der Waals surface area contributed by atoms with Gasteiger partial charge in [-0.2, -0.15) is 4.80 Å². The Hall–Kier alpha value is -3.29. The molecule has 7 nitrogen and oxygen atoms in total. The molecule has 8 heteroatoms. The third-order valence-corrected chi connectivity index (χ3v) is 4.94. The molecule has 0 aliphatic carbocycles. The van der Waals surface area contributed by atoms with Gasteiger partial charge in [0, 0.05) is 30.0 Å². The molecule has 1 aromatic heterocycles. The van der Waals surface area contributed by atoms with Crippen LogP contribution >= 0.6 is 0 Å². The summed E-state index contributed by atoms with van der Waals surface area (Å²) in [5.74, 6) is -0.352. The quantitative estimate of drug-likeness (QED) is 0.717. The third kappa shape index (κ3) is 4.96. The van der Waals surface area contributed by atoms with Gasteiger partial charge in [-0.3, -0.25) is 4.79 Å². The number of nitrogens with one attached hydrogen (secondary N) is 1. The molecule has 29 heavy (non-hydrogen) atoms. The number of anilines is 2. The second kappa shape index (κ2) is 8.81. The topological polar surface area (TPSA) is 75.9 Å². The van der Waals surface area contributed by atoms with E-state index in [1.807, 2.05) is 24.3 Å². The van der Waals surface area contributed by atoms with Crippen LogP contribution in [0.5, 0.6) is 0 Å². The number of nitrogens with zero attached hydrogens (tertiary/aromatic N) is 5. The first-order valence-corrected chi connectivity index (χ1v) is 9.86. The third-order valence-electron chi connectivity index (χ3n) is 4.94. The normalized spacial score (nSPS) is 14.4. The van der Waals surface area contributed by atoms with E-state index < -0.39 is 0 Å². The molecule has 1 N–H and O–H groups in total. The number of tetrazole rings is 1. The zero-order valence-corrected chi connectivity index (χ0v) is 16.1. The van der Waals surface area contributed by atoms with Crippen LogP contribution in [-0.4, -0.2) is 39.2 Å². The van der Waals surface area contributed by atoms with Crippen molar-refractivity contribution >= 4 is 17.3 Å². The molecule has 0 unspecified atom stereocenters. The van der Waals surface area contributed by atoms with E-state index in [1.54, 1.807) is 12.1 Å². The van der Waals surface area contributed by atoms with E-state index in [1.165, 1.54) is 48.3 Å². The fraction of sp³-hybridized carbons (Fsp3) is 0.333. The Bertz CT molecular complexity index is 963. The van der Waals surface area contributed by atoms with Crippen molar-refractivity contribution in [3.05, 3.63) is 54.3 Å². The van der Waals surface area contributed by atoms with Crippen LogP contribution in [0.2, 0.25) is 0 Å². The summed E-state index contributed by atoms with van der Waals surface area (Å²) < 4.78 is 13.3. The Morgan fingerprint density at radius 1 is 1.03 bits per heavy atom. The summed E-state index contributed by atoms with van der Waals surface area (Å²) in [5.41, 5.74) is 2.42. The first-order chi connectivity index (χ1) is 14.2. The fourth-order valence-electron chi connectivity index (χ4n) is 3.47. The summed E-state index contributed by atoms with van der Waals surface area (Å²) in [6.45, 7) is 2.09. The first kappa shape index (κ1) is 19.0. The molecule has 4 rings (SSSR count). The Morgan fingerprint density at radius 3 is 2.52 bits per heavy atom. The average molecular weight is 394 g/mol. The van der Waals surface area contributed by atoms with Crippen LogP contribution in [0.15, 0.2) is 48.5 Å². The molecule has 0 bridgehead atoms. The van der Waals surface area contributed by atoms with Crippen LogP contribution in [0.25, 0.3) is 11.4 Å². The standard InChI is InChI=1S/C21H23FN6O/c22-17-7-5-6-16(14-17)21-24-26-28(25-21)15-20(29)23-18-8-10-19(11-9-18)27-12-3-1-2-4-13-27/h5-11,14H,1-4,12-13,15H2,(H,23,29). The van der Waals surface area contributed by atoms with Gasteiger partial charge in [-0.15, -0.1) is 10.2 Å². The highest BCUT2D eigenvalue weighted by Gasteiger charge is 2.12. The predicted molar refractivity (Wildman–Crippen MR) is 109 cm³/mol. The molecule has 1 amide bonds. The van der Waals surface area contributed by atoms with Gasteiger partial charge in [0.15, 0.2) is 0 Å². The minimum atomic E-state index is -0.375. The number of hydrogen-bond acceptors (Lipinski definition) is 5. The second-order valence-electron chi connectivity index (χ2n) is 7.15. The van der Waals surface area contributed by atoms with E-state index in [0.29, 0.717) is 5.56 Å². The molecule has 2 heterocycles. The van der Waals surface area contributed by atoms with Crippen LogP contribution < -0.4 is 10.2 Å². The van der Waals surface area contributed by atoms with Gasteiger partial charge in [0.1, 0.15) is 12.4 Å². The molecule has 1 saturated heterocycles. The molecular formula is C21H23FN6O. The molecule has 2 aromatic carbocycles. The van der Waals surface area contributed by atoms with Crippen LogP contribution in [-0.2, 0) is 11.3 Å². The first-order valence-electron chi connectivity index (χ1n) is 9.86. The average Bonchev–Trinajstić information content (AvgIpc) is 3.01. The number of hydrogen-bond donors (Lipinski definition) is 1. The lowest BCUT2D eigenvalue weighted by molar-refractivity contribution is -0.117. The number of rotatable bonds is 5. The summed E-state index contributed by atoms with van der Waals surface area (Å²) in [5, 5.41) is 14.8. The van der Waals surface area contributed by atoms with Crippen molar-refractivity contribution in [1.29, 1.82) is 0 Å². The van der Waals surface area contributed by atoms with Gasteiger partial charge in [0.25, 0.3) is 0 Å². The van der Waals surface area contributed by atoms with Crippen LogP contribution in [0.4, 0.5) is 15.8 Å². The van der Waals surface area contributed by atoms with Crippen molar-refractivity contribution in [2.24, 2.45) is 0 Å². The number of aromatic nitrogens is 4. The zero-order chi connectivity index (χ0) is 20.1. The Kier molecular flexibility index (Phi) is 5.79. The van der Waals surface area contributed by atoms with Crippen molar-refractivity contribution in [1.82, 2.24) is 20.2 Å². The highest BCUT2D eigenvalue weighted by Crippen LogP contribution is 2.21. The van der Waals surface area contributed by atoms with Gasteiger partial charge in [0.2, 0.25) is 11.7 Å². The SMILES string of the molecule is O=C(Cn1nnc(-c2cccc(F)c2)n1)Nc1ccc(N2CCCCCC2)cc1. The second-order valence-corrected chi connectivity index (χ2v) is 7.15.